The number of nitrogens with one attached hydrogen (secondary N) is 1. The molecule has 1 amide bonds. The number of hydrogen-bond acceptors (Lipinski definition) is 4. The number of aryl methyl sites for hydroxylation is 1. The molecule has 0 aliphatic carbocycles. The number of alkyl halides is 8. The number of carbonyl (C=O) groups excluding carboxylic acids is 1. The zero-order chi connectivity index (χ0) is 26.5. The van der Waals surface area contributed by atoms with Gasteiger partial charge in [-0.1, -0.05) is 16.8 Å². The summed E-state index contributed by atoms with van der Waals surface area (Å²) >= 11 is 6.03. The summed E-state index contributed by atoms with van der Waals surface area (Å²) in [6.07, 6.45) is -12.0. The Bertz CT molecular complexity index is 1260. The molecule has 190 valence electrons. The highest BCUT2D eigenvalue weighted by atomic mass is 35.5. The third kappa shape index (κ3) is 4.97. The first-order chi connectivity index (χ1) is 15.9. The van der Waals surface area contributed by atoms with Crippen LogP contribution in [-0.4, -0.2) is 33.1 Å². The van der Waals surface area contributed by atoms with Crippen LogP contribution in [0.15, 0.2) is 28.8 Å². The Morgan fingerprint density at radius 1 is 1.09 bits per heavy atom. The molecule has 0 fully saturated rings. The predicted octanol–water partition coefficient (Wildman–Crippen LogP) is 6.21. The summed E-state index contributed by atoms with van der Waals surface area (Å²) in [6, 6.07) is 4.54. The molecule has 0 unspecified atom stereocenters. The number of hydrogen-bond donors (Lipinski definition) is 1. The second-order valence-electron chi connectivity index (χ2n) is 7.66. The largest absolute Gasteiger partial charge is 0.459 e. The standard InChI is InChI=1S/C20H15ClF8N4O2/c1-8(2)30-17(34)10-6-9(4-5-11(10)21)13-7-12(32-35-13)15-14(19(24,25)26)16(31-33(15)3)18(22,23)20(27,28)29/h4-8H,1-3H3,(H,30,34). The molecule has 0 saturated carbocycles. The van der Waals surface area contributed by atoms with E-state index in [2.05, 4.69) is 15.6 Å². The van der Waals surface area contributed by atoms with Crippen molar-refractivity contribution in [1.82, 2.24) is 20.3 Å². The van der Waals surface area contributed by atoms with Gasteiger partial charge in [-0.3, -0.25) is 9.48 Å². The number of carbonyl (C=O) groups is 1. The van der Waals surface area contributed by atoms with E-state index in [0.717, 1.165) is 13.1 Å². The van der Waals surface area contributed by atoms with Gasteiger partial charge in [0.1, 0.15) is 17.0 Å². The van der Waals surface area contributed by atoms with Crippen LogP contribution in [0, 0.1) is 0 Å². The Morgan fingerprint density at radius 3 is 2.26 bits per heavy atom. The van der Waals surface area contributed by atoms with Crippen molar-refractivity contribution in [3.8, 4) is 22.7 Å². The second kappa shape index (κ2) is 8.81. The molecular formula is C20H15ClF8N4O2. The van der Waals surface area contributed by atoms with Gasteiger partial charge in [-0.15, -0.1) is 0 Å². The summed E-state index contributed by atoms with van der Waals surface area (Å²) in [5.74, 6) is -6.67. The summed E-state index contributed by atoms with van der Waals surface area (Å²) in [4.78, 5) is 12.3. The highest BCUT2D eigenvalue weighted by Crippen LogP contribution is 2.50. The number of rotatable bonds is 5. The zero-order valence-corrected chi connectivity index (χ0v) is 18.7. The third-order valence-electron chi connectivity index (χ3n) is 4.65. The molecule has 1 N–H and O–H groups in total. The fourth-order valence-electron chi connectivity index (χ4n) is 3.16. The lowest BCUT2D eigenvalue weighted by molar-refractivity contribution is -0.292. The van der Waals surface area contributed by atoms with E-state index in [1.807, 2.05) is 0 Å². The van der Waals surface area contributed by atoms with Crippen LogP contribution >= 0.6 is 11.6 Å². The van der Waals surface area contributed by atoms with Gasteiger partial charge in [0.05, 0.1) is 10.6 Å². The Kier molecular flexibility index (Phi) is 6.65. The van der Waals surface area contributed by atoms with Crippen LogP contribution in [0.25, 0.3) is 22.7 Å². The van der Waals surface area contributed by atoms with Gasteiger partial charge in [0.2, 0.25) is 0 Å². The summed E-state index contributed by atoms with van der Waals surface area (Å²) < 4.78 is 112. The number of halogens is 9. The summed E-state index contributed by atoms with van der Waals surface area (Å²) in [5.41, 5.74) is -6.58. The van der Waals surface area contributed by atoms with E-state index in [4.69, 9.17) is 16.1 Å². The fraction of sp³-hybridized carbons (Fsp3) is 0.350. The third-order valence-corrected chi connectivity index (χ3v) is 4.98. The Morgan fingerprint density at radius 2 is 1.71 bits per heavy atom. The van der Waals surface area contributed by atoms with Crippen molar-refractivity contribution < 1.29 is 44.4 Å². The Balaban J connectivity index is 2.14. The SMILES string of the molecule is CC(C)NC(=O)c1cc(-c2cc(-c3c(C(F)(F)F)c(C(F)(F)C(F)(F)F)nn3C)no2)ccc1Cl. The molecule has 3 aromatic rings. The van der Waals surface area contributed by atoms with Crippen molar-refractivity contribution in [2.24, 2.45) is 7.05 Å². The van der Waals surface area contributed by atoms with Crippen molar-refractivity contribution in [2.45, 2.75) is 38.2 Å². The molecule has 0 atom stereocenters. The van der Waals surface area contributed by atoms with Gasteiger partial charge in [-0.2, -0.15) is 40.2 Å². The Labute approximate surface area is 196 Å². The van der Waals surface area contributed by atoms with Crippen LogP contribution in [0.1, 0.15) is 35.5 Å². The van der Waals surface area contributed by atoms with Crippen LogP contribution in [-0.2, 0) is 19.1 Å². The van der Waals surface area contributed by atoms with Gasteiger partial charge in [0, 0.05) is 24.7 Å². The van der Waals surface area contributed by atoms with Crippen LogP contribution in [0.4, 0.5) is 35.1 Å². The molecule has 2 aromatic heterocycles. The molecule has 3 rings (SSSR count). The molecule has 15 heteroatoms. The minimum absolute atomic E-state index is 0.000522. The molecule has 35 heavy (non-hydrogen) atoms. The van der Waals surface area contributed by atoms with Gasteiger partial charge in [0.25, 0.3) is 5.91 Å². The quantitative estimate of drug-likeness (QED) is 0.398. The first-order valence-corrected chi connectivity index (χ1v) is 10.00. The topological polar surface area (TPSA) is 73.0 Å². The minimum atomic E-state index is -6.33. The van der Waals surface area contributed by atoms with Crippen LogP contribution in [0.3, 0.4) is 0 Å². The van der Waals surface area contributed by atoms with Crippen molar-refractivity contribution in [1.29, 1.82) is 0 Å². The summed E-state index contributed by atoms with van der Waals surface area (Å²) in [7, 11) is 0.755. The lowest BCUT2D eigenvalue weighted by Crippen LogP contribution is -2.36. The van der Waals surface area contributed by atoms with Gasteiger partial charge in [-0.05, 0) is 32.0 Å². The van der Waals surface area contributed by atoms with Gasteiger partial charge >= 0.3 is 18.3 Å². The monoisotopic (exact) mass is 530 g/mol. The molecule has 0 saturated heterocycles. The maximum Gasteiger partial charge on any atom is 0.459 e. The fourth-order valence-corrected chi connectivity index (χ4v) is 3.36. The highest BCUT2D eigenvalue weighted by Gasteiger charge is 2.64. The molecular weight excluding hydrogens is 516 g/mol. The smallest absolute Gasteiger partial charge is 0.356 e. The molecule has 2 heterocycles. The maximum atomic E-state index is 13.9. The summed E-state index contributed by atoms with van der Waals surface area (Å²) in [5, 5.41) is 8.88. The van der Waals surface area contributed by atoms with E-state index in [0.29, 0.717) is 0 Å². The number of amides is 1. The predicted molar refractivity (Wildman–Crippen MR) is 107 cm³/mol. The second-order valence-corrected chi connectivity index (χ2v) is 8.07. The van der Waals surface area contributed by atoms with E-state index in [-0.39, 0.29) is 32.6 Å². The first kappa shape index (κ1) is 26.4. The van der Waals surface area contributed by atoms with Gasteiger partial charge in [0.15, 0.2) is 11.5 Å². The molecule has 0 aliphatic rings. The van der Waals surface area contributed by atoms with Crippen molar-refractivity contribution in [3.63, 3.8) is 0 Å². The molecule has 0 bridgehead atoms. The molecule has 0 spiro atoms. The summed E-state index contributed by atoms with van der Waals surface area (Å²) in [6.45, 7) is 3.39. The van der Waals surface area contributed by atoms with E-state index < -0.39 is 46.8 Å². The van der Waals surface area contributed by atoms with E-state index >= 15 is 0 Å². The Hall–Kier alpha value is -3.16. The van der Waals surface area contributed by atoms with E-state index in [1.165, 1.54) is 18.2 Å². The first-order valence-electron chi connectivity index (χ1n) is 9.62. The van der Waals surface area contributed by atoms with Crippen molar-refractivity contribution in [2.75, 3.05) is 0 Å². The van der Waals surface area contributed by atoms with E-state index in [9.17, 15) is 39.9 Å². The highest BCUT2D eigenvalue weighted by molar-refractivity contribution is 6.34. The lowest BCUT2D eigenvalue weighted by Gasteiger charge is -2.19. The van der Waals surface area contributed by atoms with Crippen molar-refractivity contribution in [3.05, 3.63) is 46.1 Å². The van der Waals surface area contributed by atoms with Crippen LogP contribution in [0.5, 0.6) is 0 Å². The molecule has 0 aliphatic heterocycles. The average Bonchev–Trinajstić information content (AvgIpc) is 3.31. The average molecular weight is 531 g/mol. The van der Waals surface area contributed by atoms with Crippen LogP contribution in [0.2, 0.25) is 5.02 Å². The van der Waals surface area contributed by atoms with Gasteiger partial charge in [-0.25, -0.2) is 0 Å². The maximum absolute atomic E-state index is 13.9. The van der Waals surface area contributed by atoms with Gasteiger partial charge < -0.3 is 9.84 Å². The zero-order valence-electron chi connectivity index (χ0n) is 17.9. The van der Waals surface area contributed by atoms with E-state index in [1.54, 1.807) is 13.8 Å². The van der Waals surface area contributed by atoms with Crippen molar-refractivity contribution >= 4 is 17.5 Å². The number of aromatic nitrogens is 3. The number of benzene rings is 1. The lowest BCUT2D eigenvalue weighted by atomic mass is 10.0. The molecule has 0 radical (unpaired) electrons. The molecule has 1 aromatic carbocycles. The normalized spacial score (nSPS) is 12.9. The molecule has 6 nitrogen and oxygen atoms in total. The minimum Gasteiger partial charge on any atom is -0.356 e. The number of nitrogens with zero attached hydrogens (tertiary/aromatic N) is 3. The van der Waals surface area contributed by atoms with Crippen LogP contribution < -0.4 is 5.32 Å².